The SMILES string of the molecule is CN[C@@H](C)C(=O)O.C[C@@H]1C(=O)OC(=O)N1C.O=C(n1ccnc1)n1ccnc1. The molecule has 2 N–H and O–H groups in total. The number of carbonyl (C=O) groups is 4. The number of carbonyl (C=O) groups excluding carboxylic acids is 3. The first-order valence-electron chi connectivity index (χ1n) is 8.08. The summed E-state index contributed by atoms with van der Waals surface area (Å²) in [5, 5.41) is 10.7. The number of aromatic nitrogens is 4. The van der Waals surface area contributed by atoms with Crippen molar-refractivity contribution in [3.63, 3.8) is 0 Å². The number of amides is 1. The summed E-state index contributed by atoms with van der Waals surface area (Å²) in [7, 11) is 3.14. The van der Waals surface area contributed by atoms with E-state index in [9.17, 15) is 19.2 Å². The monoisotopic (exact) mass is 394 g/mol. The summed E-state index contributed by atoms with van der Waals surface area (Å²) in [5.41, 5.74) is 0. The molecule has 1 fully saturated rings. The van der Waals surface area contributed by atoms with Crippen molar-refractivity contribution in [2.75, 3.05) is 14.1 Å². The van der Waals surface area contributed by atoms with Gasteiger partial charge < -0.3 is 15.2 Å². The van der Waals surface area contributed by atoms with Crippen LogP contribution in [0.1, 0.15) is 13.8 Å². The van der Waals surface area contributed by atoms with Gasteiger partial charge in [-0.3, -0.25) is 18.8 Å². The van der Waals surface area contributed by atoms with E-state index in [1.165, 1.54) is 33.7 Å². The second-order valence-electron chi connectivity index (χ2n) is 5.54. The third-order valence-corrected chi connectivity index (χ3v) is 3.65. The summed E-state index contributed by atoms with van der Waals surface area (Å²) in [6, 6.07) is -1.04. The minimum absolute atomic E-state index is 0.190. The minimum Gasteiger partial charge on any atom is -0.480 e. The Morgan fingerprint density at radius 2 is 1.68 bits per heavy atom. The molecule has 28 heavy (non-hydrogen) atoms. The van der Waals surface area contributed by atoms with Gasteiger partial charge in [0.25, 0.3) is 0 Å². The molecule has 2 aromatic heterocycles. The van der Waals surface area contributed by atoms with E-state index < -0.39 is 30.1 Å². The van der Waals surface area contributed by atoms with Gasteiger partial charge in [-0.1, -0.05) is 0 Å². The minimum atomic E-state index is -0.817. The summed E-state index contributed by atoms with van der Waals surface area (Å²) in [4.78, 5) is 51.0. The zero-order valence-corrected chi connectivity index (χ0v) is 15.8. The molecule has 0 aliphatic carbocycles. The Bertz CT molecular complexity index is 734. The Morgan fingerprint density at radius 1 is 1.18 bits per heavy atom. The van der Waals surface area contributed by atoms with Gasteiger partial charge in [-0.25, -0.2) is 24.4 Å². The standard InChI is InChI=1S/C7H6N4O.C5H7NO3.C4H9NO2/c12-7(10-3-1-8-5-10)11-4-2-9-6-11;1-3-4(7)9-5(8)6(3)2;1-3(5-2)4(6)7/h1-6H;3H,1-2H3;3,5H,1-2H3,(H,6,7)/t;2*3-/m.10/s1. The van der Waals surface area contributed by atoms with E-state index in [0.29, 0.717) is 0 Å². The quantitative estimate of drug-likeness (QED) is 0.540. The van der Waals surface area contributed by atoms with Crippen LogP contribution in [0.5, 0.6) is 0 Å². The fourth-order valence-corrected chi connectivity index (χ4v) is 1.56. The third-order valence-electron chi connectivity index (χ3n) is 3.65. The van der Waals surface area contributed by atoms with Gasteiger partial charge in [-0.2, -0.15) is 0 Å². The molecule has 0 aromatic carbocycles. The number of rotatable bonds is 2. The lowest BCUT2D eigenvalue weighted by molar-refractivity contribution is -0.139. The van der Waals surface area contributed by atoms with E-state index in [0.717, 1.165) is 0 Å². The lowest BCUT2D eigenvalue weighted by atomic mass is 10.3. The molecule has 1 saturated heterocycles. The first kappa shape index (κ1) is 22.5. The average Bonchev–Trinajstić information content (AvgIpc) is 3.43. The Hall–Kier alpha value is -3.54. The van der Waals surface area contributed by atoms with Crippen LogP contribution < -0.4 is 5.32 Å². The smallest absolute Gasteiger partial charge is 0.418 e. The summed E-state index contributed by atoms with van der Waals surface area (Å²) in [6.07, 6.45) is 8.60. The highest BCUT2D eigenvalue weighted by Crippen LogP contribution is 2.09. The maximum Gasteiger partial charge on any atom is 0.418 e. The van der Waals surface area contributed by atoms with Crippen LogP contribution in [0.15, 0.2) is 37.4 Å². The highest BCUT2D eigenvalue weighted by Gasteiger charge is 2.34. The van der Waals surface area contributed by atoms with Gasteiger partial charge in [0.15, 0.2) is 0 Å². The number of carboxylic acids is 1. The highest BCUT2D eigenvalue weighted by atomic mass is 16.6. The van der Waals surface area contributed by atoms with Gasteiger partial charge >= 0.3 is 24.1 Å². The number of cyclic esters (lactones) is 2. The molecule has 1 aliphatic rings. The average molecular weight is 394 g/mol. The van der Waals surface area contributed by atoms with E-state index in [-0.39, 0.29) is 6.03 Å². The molecule has 0 saturated carbocycles. The normalized spacial score (nSPS) is 16.3. The number of nitrogens with one attached hydrogen (secondary N) is 1. The Morgan fingerprint density at radius 3 is 1.86 bits per heavy atom. The molecule has 1 aliphatic heterocycles. The molecular formula is C16H22N6O6. The van der Waals surface area contributed by atoms with Crippen molar-refractivity contribution < 1.29 is 29.0 Å². The van der Waals surface area contributed by atoms with E-state index in [4.69, 9.17) is 5.11 Å². The van der Waals surface area contributed by atoms with Crippen LogP contribution in [0.25, 0.3) is 0 Å². The molecule has 3 heterocycles. The Kier molecular flexibility index (Phi) is 8.49. The number of aliphatic carboxylic acids is 1. The molecule has 0 unspecified atom stereocenters. The van der Waals surface area contributed by atoms with Crippen molar-refractivity contribution in [3.8, 4) is 0 Å². The first-order chi connectivity index (χ1) is 13.2. The van der Waals surface area contributed by atoms with E-state index in [2.05, 4.69) is 20.0 Å². The molecular weight excluding hydrogens is 372 g/mol. The van der Waals surface area contributed by atoms with Crippen LogP contribution in [0.2, 0.25) is 0 Å². The third kappa shape index (κ3) is 6.32. The molecule has 2 aromatic rings. The molecule has 3 rings (SSSR count). The summed E-state index contributed by atoms with van der Waals surface area (Å²) < 4.78 is 6.99. The van der Waals surface area contributed by atoms with Crippen LogP contribution in [0, 0.1) is 0 Å². The molecule has 0 spiro atoms. The largest absolute Gasteiger partial charge is 0.480 e. The number of esters is 1. The lowest BCUT2D eigenvalue weighted by Gasteiger charge is -2.06. The second-order valence-corrected chi connectivity index (χ2v) is 5.54. The molecule has 12 nitrogen and oxygen atoms in total. The summed E-state index contributed by atoms with van der Waals surface area (Å²) in [6.45, 7) is 3.20. The van der Waals surface area contributed by atoms with Crippen molar-refractivity contribution >= 4 is 24.1 Å². The van der Waals surface area contributed by atoms with Crippen LogP contribution in [0.4, 0.5) is 9.59 Å². The van der Waals surface area contributed by atoms with Crippen LogP contribution >= 0.6 is 0 Å². The summed E-state index contributed by atoms with van der Waals surface area (Å²) in [5.74, 6) is -1.29. The number of ether oxygens (including phenoxy) is 1. The maximum absolute atomic E-state index is 11.4. The van der Waals surface area contributed by atoms with Crippen LogP contribution in [-0.2, 0) is 14.3 Å². The molecule has 152 valence electrons. The van der Waals surface area contributed by atoms with Crippen LogP contribution in [0.3, 0.4) is 0 Å². The van der Waals surface area contributed by atoms with Crippen molar-refractivity contribution in [2.24, 2.45) is 0 Å². The number of hydrogen-bond acceptors (Lipinski definition) is 8. The number of nitrogens with zero attached hydrogens (tertiary/aromatic N) is 5. The maximum atomic E-state index is 11.4. The Labute approximate surface area is 160 Å². The van der Waals surface area contributed by atoms with Crippen molar-refractivity contribution in [1.29, 1.82) is 0 Å². The molecule has 12 heteroatoms. The zero-order chi connectivity index (χ0) is 21.3. The Balaban J connectivity index is 0.000000220. The number of hydrogen-bond donors (Lipinski definition) is 2. The van der Waals surface area contributed by atoms with E-state index in [1.807, 2.05) is 0 Å². The fraction of sp³-hybridized carbons (Fsp3) is 0.375. The van der Waals surface area contributed by atoms with Gasteiger partial charge in [0.1, 0.15) is 24.7 Å². The molecule has 1 amide bonds. The zero-order valence-electron chi connectivity index (χ0n) is 15.8. The number of imidazole rings is 2. The fourth-order valence-electron chi connectivity index (χ4n) is 1.56. The topological polar surface area (TPSA) is 149 Å². The first-order valence-corrected chi connectivity index (χ1v) is 8.08. The van der Waals surface area contributed by atoms with Gasteiger partial charge in [-0.05, 0) is 20.9 Å². The molecule has 0 bridgehead atoms. The molecule has 2 atom stereocenters. The van der Waals surface area contributed by atoms with Crippen molar-refractivity contribution in [2.45, 2.75) is 25.9 Å². The second kappa shape index (κ2) is 10.6. The van der Waals surface area contributed by atoms with Gasteiger partial charge in [-0.15, -0.1) is 0 Å². The summed E-state index contributed by atoms with van der Waals surface area (Å²) >= 11 is 0. The van der Waals surface area contributed by atoms with E-state index in [1.54, 1.807) is 45.7 Å². The van der Waals surface area contributed by atoms with Crippen LogP contribution in [-0.4, -0.2) is 79.4 Å². The van der Waals surface area contributed by atoms with Crippen molar-refractivity contribution in [1.82, 2.24) is 29.3 Å². The predicted molar refractivity (Wildman–Crippen MR) is 95.5 cm³/mol. The number of likely N-dealkylation sites (N-methyl/N-ethyl adjacent to an activating group) is 2. The lowest BCUT2D eigenvalue weighted by Crippen LogP contribution is -2.29. The van der Waals surface area contributed by atoms with Crippen molar-refractivity contribution in [3.05, 3.63) is 37.4 Å². The highest BCUT2D eigenvalue weighted by molar-refractivity contribution is 5.94. The molecule has 0 radical (unpaired) electrons. The number of carboxylic acid groups (broad SMARTS) is 1. The van der Waals surface area contributed by atoms with Gasteiger partial charge in [0, 0.05) is 31.8 Å². The van der Waals surface area contributed by atoms with Gasteiger partial charge in [0.2, 0.25) is 0 Å². The van der Waals surface area contributed by atoms with Gasteiger partial charge in [0.05, 0.1) is 0 Å². The van der Waals surface area contributed by atoms with E-state index >= 15 is 0 Å². The predicted octanol–water partition coefficient (Wildman–Crippen LogP) is 0.258.